The summed E-state index contributed by atoms with van der Waals surface area (Å²) in [7, 11) is 0. The monoisotopic (exact) mass is 375 g/mol. The first-order chi connectivity index (χ1) is 12.4. The van der Waals surface area contributed by atoms with Gasteiger partial charge in [-0.1, -0.05) is 26.0 Å². The minimum Gasteiger partial charge on any atom is -0.352 e. The lowest BCUT2D eigenvalue weighted by molar-refractivity contribution is -0.123. The summed E-state index contributed by atoms with van der Waals surface area (Å²) in [4.78, 5) is 40.3. The number of hydrogen-bond donors (Lipinski definition) is 1. The highest BCUT2D eigenvalue weighted by molar-refractivity contribution is 7.99. The maximum absolute atomic E-state index is 12.9. The second-order valence-corrected chi connectivity index (χ2v) is 8.00. The van der Waals surface area contributed by atoms with E-state index in [1.807, 2.05) is 30.5 Å². The summed E-state index contributed by atoms with van der Waals surface area (Å²) in [5, 5.41) is 2.97. The Morgan fingerprint density at radius 2 is 1.96 bits per heavy atom. The first-order valence-corrected chi connectivity index (χ1v) is 10.3. The van der Waals surface area contributed by atoms with Gasteiger partial charge in [-0.3, -0.25) is 9.59 Å². The number of anilines is 1. The Bertz CT molecular complexity index is 704. The van der Waals surface area contributed by atoms with E-state index in [4.69, 9.17) is 0 Å². The zero-order valence-corrected chi connectivity index (χ0v) is 16.2. The third-order valence-corrected chi connectivity index (χ3v) is 5.55. The van der Waals surface area contributed by atoms with Gasteiger partial charge in [0.05, 0.1) is 11.4 Å². The Morgan fingerprint density at radius 3 is 2.58 bits per heavy atom. The van der Waals surface area contributed by atoms with Gasteiger partial charge in [-0.25, -0.2) is 9.69 Å². The Hall–Kier alpha value is -2.02. The van der Waals surface area contributed by atoms with Gasteiger partial charge in [0.15, 0.2) is 0 Å². The van der Waals surface area contributed by atoms with Gasteiger partial charge in [-0.15, -0.1) is 0 Å². The minimum atomic E-state index is -0.486. The number of rotatable bonds is 5. The van der Waals surface area contributed by atoms with E-state index in [0.29, 0.717) is 36.7 Å². The van der Waals surface area contributed by atoms with Crippen LogP contribution in [0.1, 0.15) is 38.2 Å². The van der Waals surface area contributed by atoms with Crippen molar-refractivity contribution in [2.45, 2.75) is 44.7 Å². The molecule has 3 rings (SSSR count). The molecule has 26 heavy (non-hydrogen) atoms. The Labute approximate surface area is 158 Å². The highest BCUT2D eigenvalue weighted by Crippen LogP contribution is 2.31. The average Bonchev–Trinajstić information content (AvgIpc) is 2.86. The molecule has 6 nitrogen and oxygen atoms in total. The summed E-state index contributed by atoms with van der Waals surface area (Å²) in [5.74, 6) is 0.586. The van der Waals surface area contributed by atoms with Crippen molar-refractivity contribution in [2.75, 3.05) is 23.5 Å². The smallest absolute Gasteiger partial charge is 0.332 e. The van der Waals surface area contributed by atoms with E-state index in [1.54, 1.807) is 4.90 Å². The number of thioether (sulfide) groups is 1. The Balaban J connectivity index is 1.73. The molecule has 2 aliphatic heterocycles. The highest BCUT2D eigenvalue weighted by Gasteiger charge is 2.48. The summed E-state index contributed by atoms with van der Waals surface area (Å²) in [6.45, 7) is 4.69. The molecule has 4 amide bonds. The fourth-order valence-electron chi connectivity index (χ4n) is 3.58. The molecular formula is C19H25N3O3S. The van der Waals surface area contributed by atoms with Crippen molar-refractivity contribution >= 4 is 35.3 Å². The minimum absolute atomic E-state index is 0.0196. The van der Waals surface area contributed by atoms with Crippen LogP contribution in [0, 0.1) is 0 Å². The molecule has 2 aliphatic rings. The second-order valence-electron chi connectivity index (χ2n) is 7.13. The van der Waals surface area contributed by atoms with Crippen LogP contribution in [-0.4, -0.2) is 53.4 Å². The van der Waals surface area contributed by atoms with Crippen molar-refractivity contribution in [1.29, 1.82) is 0 Å². The zero-order valence-electron chi connectivity index (χ0n) is 15.4. The van der Waals surface area contributed by atoms with E-state index < -0.39 is 6.04 Å². The molecule has 0 aromatic heterocycles. The first-order valence-electron chi connectivity index (χ1n) is 8.95. The molecule has 7 heteroatoms. The molecule has 0 bridgehead atoms. The van der Waals surface area contributed by atoms with Crippen LogP contribution < -0.4 is 10.2 Å². The van der Waals surface area contributed by atoms with Crippen LogP contribution in [0.15, 0.2) is 24.3 Å². The molecule has 2 fully saturated rings. The van der Waals surface area contributed by atoms with Gasteiger partial charge in [0.2, 0.25) is 5.91 Å². The number of fused-ring (bicyclic) bond motifs is 1. The van der Waals surface area contributed by atoms with Crippen molar-refractivity contribution < 1.29 is 14.4 Å². The number of benzene rings is 1. The number of piperidine rings is 1. The van der Waals surface area contributed by atoms with Crippen molar-refractivity contribution in [2.24, 2.45) is 0 Å². The van der Waals surface area contributed by atoms with Crippen LogP contribution in [-0.2, 0) is 9.59 Å². The number of amides is 4. The molecular weight excluding hydrogens is 350 g/mol. The topological polar surface area (TPSA) is 69.7 Å². The van der Waals surface area contributed by atoms with Crippen LogP contribution in [0.2, 0.25) is 0 Å². The van der Waals surface area contributed by atoms with E-state index in [2.05, 4.69) is 19.2 Å². The van der Waals surface area contributed by atoms with Gasteiger partial charge in [0.25, 0.3) is 5.91 Å². The van der Waals surface area contributed by atoms with Crippen molar-refractivity contribution in [3.05, 3.63) is 29.8 Å². The Kier molecular flexibility index (Phi) is 5.55. The maximum atomic E-state index is 12.9. The van der Waals surface area contributed by atoms with Crippen LogP contribution >= 0.6 is 11.8 Å². The third-order valence-electron chi connectivity index (χ3n) is 5.00. The molecule has 2 heterocycles. The van der Waals surface area contributed by atoms with E-state index in [-0.39, 0.29) is 23.9 Å². The summed E-state index contributed by atoms with van der Waals surface area (Å²) in [6, 6.07) is 6.79. The lowest BCUT2D eigenvalue weighted by Crippen LogP contribution is -2.50. The summed E-state index contributed by atoms with van der Waals surface area (Å²) < 4.78 is 0. The predicted octanol–water partition coefficient (Wildman–Crippen LogP) is 2.59. The van der Waals surface area contributed by atoms with Crippen LogP contribution in [0.5, 0.6) is 0 Å². The third kappa shape index (κ3) is 3.58. The highest BCUT2D eigenvalue weighted by atomic mass is 32.2. The predicted molar refractivity (Wildman–Crippen MR) is 103 cm³/mol. The maximum Gasteiger partial charge on any atom is 0.332 e. The van der Waals surface area contributed by atoms with E-state index in [9.17, 15) is 14.4 Å². The number of hydrogen-bond acceptors (Lipinski definition) is 4. The average molecular weight is 375 g/mol. The summed E-state index contributed by atoms with van der Waals surface area (Å²) in [6.07, 6.45) is 3.03. The summed E-state index contributed by atoms with van der Waals surface area (Å²) >= 11 is 1.47. The molecule has 1 N–H and O–H groups in total. The van der Waals surface area contributed by atoms with Crippen molar-refractivity contribution in [3.63, 3.8) is 0 Å². The number of urea groups is 1. The fraction of sp³-hybridized carbons (Fsp3) is 0.526. The normalized spacial score (nSPS) is 22.8. The van der Waals surface area contributed by atoms with Crippen LogP contribution in [0.4, 0.5) is 10.5 Å². The van der Waals surface area contributed by atoms with Gasteiger partial charge in [-0.2, -0.15) is 11.8 Å². The van der Waals surface area contributed by atoms with Crippen LogP contribution in [0.3, 0.4) is 0 Å². The molecule has 2 atom stereocenters. The summed E-state index contributed by atoms with van der Waals surface area (Å²) in [5.41, 5.74) is 1.78. The largest absolute Gasteiger partial charge is 0.352 e. The van der Waals surface area contributed by atoms with Gasteiger partial charge >= 0.3 is 6.03 Å². The molecule has 1 aromatic rings. The molecule has 0 radical (unpaired) electrons. The molecule has 1 aromatic carbocycles. The number of nitrogens with one attached hydrogen (secondary N) is 1. The van der Waals surface area contributed by atoms with Gasteiger partial charge in [-0.05, 0) is 42.7 Å². The van der Waals surface area contributed by atoms with Gasteiger partial charge < -0.3 is 10.2 Å². The van der Waals surface area contributed by atoms with E-state index in [1.165, 1.54) is 22.2 Å². The van der Waals surface area contributed by atoms with Gasteiger partial charge in [0.1, 0.15) is 6.04 Å². The molecule has 2 saturated heterocycles. The molecule has 140 valence electrons. The van der Waals surface area contributed by atoms with Crippen molar-refractivity contribution in [3.8, 4) is 0 Å². The van der Waals surface area contributed by atoms with E-state index in [0.717, 1.165) is 0 Å². The standard InChI is InChI=1S/C19H25N3O3S/c1-12(2)13-4-6-15(7-5-13)22-18(24)16-10-14(20-17(23)11-26-3)8-9-21(16)19(22)25/h4-7,12,14,16H,8-11H2,1-3H3,(H,20,23)/t14-,16+/m0/s1. The quantitative estimate of drug-likeness (QED) is 0.803. The Morgan fingerprint density at radius 1 is 1.27 bits per heavy atom. The van der Waals surface area contributed by atoms with Crippen molar-refractivity contribution in [1.82, 2.24) is 10.2 Å². The molecule has 0 saturated carbocycles. The second kappa shape index (κ2) is 7.70. The van der Waals surface area contributed by atoms with Gasteiger partial charge in [0, 0.05) is 12.6 Å². The SMILES string of the molecule is CSCC(=O)N[C@H]1CCN2C(=O)N(c3ccc(C(C)C)cc3)C(=O)[C@H]2C1. The zero-order chi connectivity index (χ0) is 18.8. The number of carbonyl (C=O) groups is 3. The van der Waals surface area contributed by atoms with Crippen LogP contribution in [0.25, 0.3) is 0 Å². The lowest BCUT2D eigenvalue weighted by Gasteiger charge is -2.32. The number of nitrogens with zero attached hydrogens (tertiary/aromatic N) is 2. The molecule has 0 unspecified atom stereocenters. The number of carbonyl (C=O) groups excluding carboxylic acids is 3. The number of imide groups is 1. The lowest BCUT2D eigenvalue weighted by atomic mass is 9.98. The fourth-order valence-corrected chi connectivity index (χ4v) is 3.92. The molecule has 0 aliphatic carbocycles. The van der Waals surface area contributed by atoms with E-state index >= 15 is 0 Å². The molecule has 0 spiro atoms. The first kappa shape index (κ1) is 18.8.